The van der Waals surface area contributed by atoms with Crippen LogP contribution in [0.3, 0.4) is 0 Å². The number of aromatic nitrogens is 8. The van der Waals surface area contributed by atoms with Crippen LogP contribution in [0.5, 0.6) is 0 Å². The van der Waals surface area contributed by atoms with Crippen LogP contribution in [0.1, 0.15) is 11.1 Å². The highest BCUT2D eigenvalue weighted by molar-refractivity contribution is 5.93. The van der Waals surface area contributed by atoms with Gasteiger partial charge in [-0.3, -0.25) is 40.5 Å². The van der Waals surface area contributed by atoms with Gasteiger partial charge >= 0.3 is 11.6 Å². The molecule has 0 N–H and O–H groups in total. The predicted octanol–water partition coefficient (Wildman–Crippen LogP) is 7.38. The number of nitro groups is 10. The van der Waals surface area contributed by atoms with Crippen molar-refractivity contribution in [2.24, 2.45) is 0 Å². The number of nitrogens with zero attached hydrogens (tertiary/aromatic N) is 23. The second-order valence-corrected chi connectivity index (χ2v) is 21.0. The minimum absolute atomic E-state index is 0.0649. The van der Waals surface area contributed by atoms with Crippen molar-refractivity contribution in [3.05, 3.63) is 284 Å². The summed E-state index contributed by atoms with van der Waals surface area (Å²) in [5.74, 6) is -0.556. The van der Waals surface area contributed by atoms with E-state index >= 15 is 0 Å². The normalized spacial score (nSPS) is 10.9. The van der Waals surface area contributed by atoms with Gasteiger partial charge in [0.05, 0.1) is 55.9 Å². The molecule has 8 heterocycles. The van der Waals surface area contributed by atoms with Crippen molar-refractivity contribution in [1.82, 2.24) is 61.5 Å². The van der Waals surface area contributed by atoms with Crippen molar-refractivity contribution in [3.8, 4) is 0 Å². The molecule has 0 fully saturated rings. The summed E-state index contributed by atoms with van der Waals surface area (Å²) >= 11 is 0. The van der Waals surface area contributed by atoms with E-state index < -0.39 is 49.7 Å². The summed E-state index contributed by atoms with van der Waals surface area (Å²) in [6.07, 6.45) is 21.9. The quantitative estimate of drug-likeness (QED) is 0.0293. The molecule has 502 valence electrons. The molecule has 0 radical (unpaired) electrons. The maximum atomic E-state index is 11.7. The van der Waals surface area contributed by atoms with Crippen LogP contribution >= 0.6 is 0 Å². The highest BCUT2D eigenvalue weighted by atomic mass is 16.7. The Hall–Kier alpha value is -13.6. The average Bonchev–Trinajstić information content (AvgIpc) is 1.64. The summed E-state index contributed by atoms with van der Waals surface area (Å²) in [4.78, 5) is 111. The second-order valence-electron chi connectivity index (χ2n) is 21.0. The molecule has 43 nitrogen and oxygen atoms in total. The molecule has 10 aromatic rings. The van der Waals surface area contributed by atoms with Crippen LogP contribution in [0.25, 0.3) is 21.5 Å². The van der Waals surface area contributed by atoms with Gasteiger partial charge < -0.3 is 47.6 Å². The fourth-order valence-corrected chi connectivity index (χ4v) is 9.97. The maximum absolute atomic E-state index is 11.7. The molecule has 0 amide bonds. The van der Waals surface area contributed by atoms with E-state index in [-0.39, 0.29) is 124 Å². The summed E-state index contributed by atoms with van der Waals surface area (Å²) in [7, 11) is 1.58. The number of hydrazine groups is 4. The molecule has 10 rings (SSSR count). The van der Waals surface area contributed by atoms with Gasteiger partial charge in [0.25, 0.3) is 22.7 Å². The third-order valence-electron chi connectivity index (χ3n) is 14.3. The van der Waals surface area contributed by atoms with Gasteiger partial charge in [-0.1, -0.05) is 10.0 Å². The lowest BCUT2D eigenvalue weighted by atomic mass is 10.2. The Kier molecular flexibility index (Phi) is 21.7. The smallest absolute Gasteiger partial charge is 0.331 e. The van der Waals surface area contributed by atoms with E-state index in [1.807, 2.05) is 18.2 Å². The molecule has 0 atom stereocenters. The summed E-state index contributed by atoms with van der Waals surface area (Å²) in [6.45, 7) is -0.489. The number of benzene rings is 2. The third kappa shape index (κ3) is 17.6. The van der Waals surface area contributed by atoms with Gasteiger partial charge in [-0.2, -0.15) is 0 Å². The number of nitro benzene ring substituents is 2. The zero-order chi connectivity index (χ0) is 69.5. The molecule has 2 aromatic carbocycles. The van der Waals surface area contributed by atoms with Crippen LogP contribution in [0.4, 0.5) is 34.4 Å². The first-order chi connectivity index (χ1) is 45.7. The summed E-state index contributed by atoms with van der Waals surface area (Å²) < 4.78 is 11.8. The van der Waals surface area contributed by atoms with Crippen LogP contribution in [-0.2, 0) is 66.2 Å². The first-order valence-corrected chi connectivity index (χ1v) is 27.9. The molecular weight excluding hydrogens is 1280 g/mol. The molecule has 0 aliphatic rings. The van der Waals surface area contributed by atoms with E-state index in [0.29, 0.717) is 17.2 Å². The lowest BCUT2D eigenvalue weighted by molar-refractivity contribution is -0.670. The minimum Gasteiger partial charge on any atom is -0.358 e. The largest absolute Gasteiger partial charge is 0.358 e. The Bertz CT molecular complexity index is 4340. The van der Waals surface area contributed by atoms with E-state index in [2.05, 4.69) is 0 Å². The standard InChI is InChI=1S/C19H15N7O8.C17H19N9O8.C17H21N7O4/c1-20(10-21-8-12-6-14(23(27)28)2-4-16(12)18(21)25(31)32)11-22-9-13-7-15(24(29)30)3-5-17(13)19(22)26(33)34;27-23(28)16-4-7-19(10-16)13-21(25(31)32)8-3-15-9-20(11-17(15)24(29)30)14-22(26(33)34)12-18-5-1-2-6-18;25-23(26)21(14-18-7-1-2-8-18)12-6-17-5-11-20(13-17)16-22(24(27)28)15-19-9-3-4-10-19/h2-9H,10-11H2,1H3;1-2,4-7,9-11H,3,8,12-14H2;1-5,7-11,13H,6,12,14-16H2. The lowest BCUT2D eigenvalue weighted by Crippen LogP contribution is -2.33. The summed E-state index contributed by atoms with van der Waals surface area (Å²) in [6, 6.07) is 21.1. The Morgan fingerprint density at radius 1 is 0.344 bits per heavy atom. The van der Waals surface area contributed by atoms with Crippen molar-refractivity contribution in [3.63, 3.8) is 0 Å². The fraction of sp³-hybridized carbons (Fsp3) is 0.245. The van der Waals surface area contributed by atoms with Crippen LogP contribution in [-0.4, -0.2) is 131 Å². The number of rotatable bonds is 32. The Labute approximate surface area is 536 Å². The molecule has 8 aromatic heterocycles. The monoisotopic (exact) mass is 1330 g/mol. The fourth-order valence-electron chi connectivity index (χ4n) is 9.97. The highest BCUT2D eigenvalue weighted by Crippen LogP contribution is 2.33. The molecule has 0 bridgehead atoms. The molecule has 0 saturated heterocycles. The van der Waals surface area contributed by atoms with Gasteiger partial charge in [-0.25, -0.2) is 54.5 Å². The third-order valence-corrected chi connectivity index (χ3v) is 14.3. The maximum Gasteiger partial charge on any atom is 0.331 e. The second kappa shape index (κ2) is 30.4. The van der Waals surface area contributed by atoms with Gasteiger partial charge in [0, 0.05) is 115 Å². The summed E-state index contributed by atoms with van der Waals surface area (Å²) in [5, 5.41) is 116. The van der Waals surface area contributed by atoms with E-state index in [9.17, 15) is 101 Å². The van der Waals surface area contributed by atoms with Crippen LogP contribution in [0.15, 0.2) is 172 Å². The van der Waals surface area contributed by atoms with Gasteiger partial charge in [-0.05, 0) is 83.5 Å². The van der Waals surface area contributed by atoms with Crippen molar-refractivity contribution in [2.45, 2.75) is 66.2 Å². The number of hydrogen-bond donors (Lipinski definition) is 0. The number of fused-ring (bicyclic) bond motifs is 2. The van der Waals surface area contributed by atoms with Gasteiger partial charge in [0.15, 0.2) is 60.1 Å². The van der Waals surface area contributed by atoms with Crippen molar-refractivity contribution < 1.29 is 49.7 Å². The number of non-ortho nitro benzene ring substituents is 2. The average molecular weight is 1330 g/mol. The van der Waals surface area contributed by atoms with E-state index in [0.717, 1.165) is 38.0 Å². The summed E-state index contributed by atoms with van der Waals surface area (Å²) in [5.41, 5.74) is 0.0481. The van der Waals surface area contributed by atoms with Crippen LogP contribution < -0.4 is 0 Å². The minimum atomic E-state index is -0.708. The highest BCUT2D eigenvalue weighted by Gasteiger charge is 2.28. The Balaban J connectivity index is 0.000000185. The Morgan fingerprint density at radius 2 is 0.729 bits per heavy atom. The van der Waals surface area contributed by atoms with Crippen molar-refractivity contribution >= 4 is 55.9 Å². The first kappa shape index (κ1) is 68.3. The molecule has 0 spiro atoms. The molecule has 0 aliphatic carbocycles. The zero-order valence-electron chi connectivity index (χ0n) is 50.1. The SMILES string of the molecule is CN(Cn1cc2cc([N+](=O)[O-])ccc2c1[N+](=O)[O-])Cn1cc2cc([N+](=O)[O-])ccc2c1[N+](=O)[O-].O=[N+]([O-])N(CCc1ccn(CN(Cn2cccc2)[N+](=O)[O-])c1)Cn1cccc1.O=[N+]([O-])c1ccn(CN(CCc2cn(CN(Cn3cccc3)[N+](=O)[O-])cc2[N+](=O)[O-])[N+](=O)[O-])c1. The first-order valence-electron chi connectivity index (χ1n) is 27.9. The van der Waals surface area contributed by atoms with E-state index in [1.54, 1.807) is 104 Å². The van der Waals surface area contributed by atoms with Gasteiger partial charge in [-0.15, -0.1) is 10.0 Å². The lowest BCUT2D eigenvalue weighted by Gasteiger charge is -2.16. The van der Waals surface area contributed by atoms with E-state index in [4.69, 9.17) is 0 Å². The van der Waals surface area contributed by atoms with E-state index in [1.165, 1.54) is 85.5 Å². The predicted molar refractivity (Wildman–Crippen MR) is 331 cm³/mol. The van der Waals surface area contributed by atoms with Crippen molar-refractivity contribution in [2.75, 3.05) is 20.1 Å². The molecule has 0 aliphatic heterocycles. The molecular formula is C53H55N23O20. The van der Waals surface area contributed by atoms with Gasteiger partial charge in [0.1, 0.15) is 25.7 Å². The molecule has 0 unspecified atom stereocenters. The molecule has 96 heavy (non-hydrogen) atoms. The molecule has 0 saturated carbocycles. The molecule has 43 heteroatoms. The van der Waals surface area contributed by atoms with Crippen LogP contribution in [0, 0.1) is 101 Å². The Morgan fingerprint density at radius 3 is 1.14 bits per heavy atom. The van der Waals surface area contributed by atoms with Crippen LogP contribution in [0.2, 0.25) is 0 Å². The zero-order valence-corrected chi connectivity index (χ0v) is 50.1. The van der Waals surface area contributed by atoms with Crippen molar-refractivity contribution in [1.29, 1.82) is 0 Å². The van der Waals surface area contributed by atoms with Gasteiger partial charge in [0.2, 0.25) is 0 Å². The number of hydrogen-bond acceptors (Lipinski definition) is 21. The topological polar surface area (TPSA) is 487 Å².